The number of cyclic esters (lactones) is 7. The first-order valence-corrected chi connectivity index (χ1v) is 43.4. The van der Waals surface area contributed by atoms with Crippen LogP contribution in [0.25, 0.3) is 5.57 Å². The summed E-state index contributed by atoms with van der Waals surface area (Å²) < 4.78 is 38.3. The van der Waals surface area contributed by atoms with Crippen LogP contribution in [0.4, 0.5) is 0 Å². The SMILES string of the molecule is CC1=C(Br)C(=O)O/C1=C\Br.CCCC1=C(Br)C(=O)O/C1=C\Br.CCCCC1=C(Br)C(=O)O/C1=C\Br.CCCCCCC1=C(Br)C(=O)O/C1=C\Br.CCCCCCCC1=C(Br)C(=O)O/C1=C\Br.CCCCCCCCCCC1=C(Br)C(=O)O/C1=C\Br.O=C1C=C(c2ccccc2)/C(=C/Br)O1. The van der Waals surface area contributed by atoms with Gasteiger partial charge in [-0.3, -0.25) is 0 Å². The molecular formula is C72H81Br13O14. The van der Waals surface area contributed by atoms with Gasteiger partial charge in [-0.25, -0.2) is 33.6 Å². The minimum Gasteiger partial charge on any atom is -0.422 e. The predicted octanol–water partition coefficient (Wildman–Crippen LogP) is 27.3. The van der Waals surface area contributed by atoms with Crippen molar-refractivity contribution in [3.05, 3.63) is 178 Å². The maximum atomic E-state index is 11.4. The number of carbonyl (C=O) groups is 7. The normalized spacial score (nSPS) is 19.1. The number of benzene rings is 1. The quantitative estimate of drug-likeness (QED) is 0.0485. The van der Waals surface area contributed by atoms with E-state index < -0.39 is 0 Å². The summed E-state index contributed by atoms with van der Waals surface area (Å²) in [6.07, 6.45) is 30.3. The lowest BCUT2D eigenvalue weighted by Gasteiger charge is -2.04. The third-order valence-electron chi connectivity index (χ3n) is 14.7. The molecule has 27 heteroatoms. The van der Waals surface area contributed by atoms with Gasteiger partial charge in [-0.2, -0.15) is 0 Å². The molecule has 1 aromatic rings. The van der Waals surface area contributed by atoms with Crippen LogP contribution in [-0.4, -0.2) is 41.8 Å². The Morgan fingerprint density at radius 3 is 0.828 bits per heavy atom. The van der Waals surface area contributed by atoms with Crippen LogP contribution in [0, 0.1) is 0 Å². The molecule has 0 radical (unpaired) electrons. The second kappa shape index (κ2) is 53.8. The maximum Gasteiger partial charge on any atom is 0.351 e. The Kier molecular flexibility index (Phi) is 50.7. The van der Waals surface area contributed by atoms with Crippen LogP contribution < -0.4 is 0 Å². The van der Waals surface area contributed by atoms with Gasteiger partial charge in [0.15, 0.2) is 0 Å². The number of halogens is 13. The second-order valence-electron chi connectivity index (χ2n) is 22.0. The predicted molar refractivity (Wildman–Crippen MR) is 441 cm³/mol. The first kappa shape index (κ1) is 93.2. The Morgan fingerprint density at radius 2 is 0.556 bits per heavy atom. The molecule has 0 saturated carbocycles. The smallest absolute Gasteiger partial charge is 0.351 e. The van der Waals surface area contributed by atoms with Crippen molar-refractivity contribution < 1.29 is 66.7 Å². The van der Waals surface area contributed by atoms with E-state index in [-0.39, 0.29) is 41.8 Å². The highest BCUT2D eigenvalue weighted by Gasteiger charge is 2.31. The highest BCUT2D eigenvalue weighted by atomic mass is 79.9. The molecule has 0 aliphatic carbocycles. The lowest BCUT2D eigenvalue weighted by Crippen LogP contribution is -1.92. The summed E-state index contributed by atoms with van der Waals surface area (Å²) in [6.45, 7) is 12.6. The summed E-state index contributed by atoms with van der Waals surface area (Å²) in [6, 6.07) is 9.64. The molecule has 1 aromatic carbocycles. The molecule has 7 aliphatic rings. The number of ether oxygens (including phenoxy) is 7. The molecule has 99 heavy (non-hydrogen) atoms. The van der Waals surface area contributed by atoms with Gasteiger partial charge in [0.25, 0.3) is 0 Å². The molecule has 0 atom stereocenters. The molecule has 0 amide bonds. The van der Waals surface area contributed by atoms with Gasteiger partial charge < -0.3 is 33.2 Å². The van der Waals surface area contributed by atoms with E-state index in [1.165, 1.54) is 96.0 Å². The van der Waals surface area contributed by atoms with Crippen molar-refractivity contribution in [1.82, 2.24) is 0 Å². The zero-order valence-corrected chi connectivity index (χ0v) is 76.4. The van der Waals surface area contributed by atoms with E-state index >= 15 is 0 Å². The first-order valence-electron chi connectivity index (χ1n) is 32.3. The van der Waals surface area contributed by atoms with Crippen molar-refractivity contribution in [2.75, 3.05) is 0 Å². The minimum absolute atomic E-state index is 0.278. The van der Waals surface area contributed by atoms with Gasteiger partial charge in [0.1, 0.15) is 67.2 Å². The number of esters is 7. The average molecular weight is 2210 g/mol. The summed E-state index contributed by atoms with van der Waals surface area (Å²) >= 11 is 41.6. The Morgan fingerprint density at radius 1 is 0.293 bits per heavy atom. The molecule has 0 bridgehead atoms. The lowest BCUT2D eigenvalue weighted by atomic mass is 10.0. The Balaban J connectivity index is 0.000000396. The van der Waals surface area contributed by atoms with E-state index in [1.54, 1.807) is 34.9 Å². The van der Waals surface area contributed by atoms with Crippen LogP contribution in [0.5, 0.6) is 0 Å². The molecule has 0 N–H and O–H groups in total. The topological polar surface area (TPSA) is 184 Å². The molecule has 0 unspecified atom stereocenters. The number of hydrogen-bond acceptors (Lipinski definition) is 14. The fourth-order valence-corrected chi connectivity index (χ4v) is 14.6. The van der Waals surface area contributed by atoms with E-state index in [4.69, 9.17) is 33.2 Å². The van der Waals surface area contributed by atoms with Crippen molar-refractivity contribution in [2.45, 2.75) is 202 Å². The largest absolute Gasteiger partial charge is 0.422 e. The fraction of sp³-hybridized carbons (Fsp3) is 0.431. The van der Waals surface area contributed by atoms with Gasteiger partial charge in [0.05, 0.1) is 0 Å². The number of rotatable bonds is 26. The van der Waals surface area contributed by atoms with Crippen molar-refractivity contribution >= 4 is 254 Å². The average Bonchev–Trinajstić information content (AvgIpc) is 1.77. The molecule has 0 aromatic heterocycles. The van der Waals surface area contributed by atoms with Crippen LogP contribution in [0.15, 0.2) is 172 Å². The number of hydrogen-bond donors (Lipinski definition) is 0. The van der Waals surface area contributed by atoms with Crippen LogP contribution in [0.2, 0.25) is 0 Å². The maximum absolute atomic E-state index is 11.4. The zero-order valence-electron chi connectivity index (χ0n) is 55.8. The van der Waals surface area contributed by atoms with E-state index in [1.807, 2.05) is 37.3 Å². The third-order valence-corrected chi connectivity index (χ3v) is 22.5. The summed E-state index contributed by atoms with van der Waals surface area (Å²) in [4.78, 5) is 89.4. The van der Waals surface area contributed by atoms with E-state index in [2.05, 4.69) is 242 Å². The minimum atomic E-state index is -0.330. The molecule has 7 aliphatic heterocycles. The molecule has 7 heterocycles. The summed E-state index contributed by atoms with van der Waals surface area (Å²) in [5, 5.41) is 0. The summed E-state index contributed by atoms with van der Waals surface area (Å²) in [5.74, 6) is 2.21. The van der Waals surface area contributed by atoms with Gasteiger partial charge in [-0.05, 0) is 166 Å². The molecule has 8 rings (SSSR count). The molecular weight excluding hydrogens is 2130 g/mol. The molecule has 0 saturated heterocycles. The first-order chi connectivity index (χ1) is 47.5. The molecule has 0 spiro atoms. The van der Waals surface area contributed by atoms with Gasteiger partial charge in [-0.15, -0.1) is 0 Å². The highest BCUT2D eigenvalue weighted by Crippen LogP contribution is 2.39. The van der Waals surface area contributed by atoms with E-state index in [9.17, 15) is 33.6 Å². The summed E-state index contributed by atoms with van der Waals surface area (Å²) in [5.41, 5.74) is 7.47. The third kappa shape index (κ3) is 32.4. The number of allylic oxidation sites excluding steroid dienone is 7. The van der Waals surface area contributed by atoms with E-state index in [0.717, 1.165) is 115 Å². The standard InChI is InChI=1S/C15H22Br2O2.C12H16Br2O2.C11H14Br2O2.C11H7BrO2.C9H10Br2O2.C8H8Br2O2.C6H4Br2O2/c1-2-3-4-5-6-7-8-9-10-12-13(11-16)19-15(18)14(12)17;1-2-3-4-5-6-7-9-10(8-13)16-12(15)11(9)14;1-2-3-4-5-6-8-9(7-12)15-11(14)10(8)13;12-7-10-9(6-11(13)14-10)8-4-2-1-3-5-8;1-2-3-4-6-7(5-10)13-9(12)8(6)11;1-2-3-5-6(4-9)12-8(11)7(5)10;1-3-4(2-7)10-6(9)5(3)8/h11H,2-10H2,1H3;8H,2-7H2,1H3;7H,2-6H2,1H3;1-7H;5H,2-4H2,1H3;4H,2-3H2,1H3;2H,1H3/b13-11-;10-8-;9-7-;10-7-;7-5-;6-4-;4-2-. The fourth-order valence-electron chi connectivity index (χ4n) is 9.36. The Labute approximate surface area is 692 Å². The van der Waals surface area contributed by atoms with Crippen LogP contribution >= 0.6 is 207 Å². The second-order valence-corrected chi connectivity index (χ2v) is 29.9. The monoisotopic (exact) mass is 2200 g/mol. The molecule has 0 fully saturated rings. The number of unbranched alkanes of at least 4 members (excludes halogenated alkanes) is 15. The highest BCUT2D eigenvalue weighted by molar-refractivity contribution is 9.13. The van der Waals surface area contributed by atoms with Crippen LogP contribution in [0.3, 0.4) is 0 Å². The summed E-state index contributed by atoms with van der Waals surface area (Å²) in [7, 11) is 0. The van der Waals surface area contributed by atoms with Gasteiger partial charge in [-0.1, -0.05) is 279 Å². The van der Waals surface area contributed by atoms with Crippen LogP contribution in [-0.2, 0) is 66.7 Å². The Hall–Kier alpha value is -1.89. The van der Waals surface area contributed by atoms with Crippen molar-refractivity contribution in [2.24, 2.45) is 0 Å². The van der Waals surface area contributed by atoms with E-state index in [0.29, 0.717) is 67.2 Å². The van der Waals surface area contributed by atoms with Gasteiger partial charge in [0.2, 0.25) is 0 Å². The zero-order chi connectivity index (χ0) is 74.0. The van der Waals surface area contributed by atoms with Gasteiger partial charge in [0, 0.05) is 80.0 Å². The van der Waals surface area contributed by atoms with Crippen LogP contribution in [0.1, 0.15) is 208 Å². The lowest BCUT2D eigenvalue weighted by molar-refractivity contribution is -0.133. The Bertz CT molecular complexity index is 3430. The number of carbonyl (C=O) groups excluding carboxylic acids is 7. The van der Waals surface area contributed by atoms with Crippen molar-refractivity contribution in [1.29, 1.82) is 0 Å². The van der Waals surface area contributed by atoms with Gasteiger partial charge >= 0.3 is 41.8 Å². The van der Waals surface area contributed by atoms with Crippen molar-refractivity contribution in [3.8, 4) is 0 Å². The van der Waals surface area contributed by atoms with Crippen molar-refractivity contribution in [3.63, 3.8) is 0 Å². The molecule has 544 valence electrons. The molecule has 14 nitrogen and oxygen atoms in total.